The number of hydrogen-bond donors (Lipinski definition) is 1. The molecule has 0 spiro atoms. The van der Waals surface area contributed by atoms with Crippen molar-refractivity contribution in [3.8, 4) is 0 Å². The van der Waals surface area contributed by atoms with Crippen molar-refractivity contribution in [1.29, 1.82) is 0 Å². The maximum absolute atomic E-state index is 11.1. The molecular formula is C8H12N2O2. The standard InChI is InChI=1S/C8H12N2O2/c1-3-4-6(2)10-5-7(11)9-8(10)12/h3,6H,1,4-5H2,2H3,(H,9,11,12). The van der Waals surface area contributed by atoms with Crippen LogP contribution in [0.1, 0.15) is 13.3 Å². The summed E-state index contributed by atoms with van der Waals surface area (Å²) in [5.74, 6) is -0.226. The molecule has 0 bridgehead atoms. The Morgan fingerprint density at radius 2 is 2.42 bits per heavy atom. The molecule has 1 heterocycles. The van der Waals surface area contributed by atoms with Crippen LogP contribution < -0.4 is 5.32 Å². The molecular weight excluding hydrogens is 156 g/mol. The summed E-state index contributed by atoms with van der Waals surface area (Å²) in [6.07, 6.45) is 2.45. The van der Waals surface area contributed by atoms with Gasteiger partial charge >= 0.3 is 6.03 Å². The molecule has 0 aromatic heterocycles. The average Bonchev–Trinajstić information content (AvgIpc) is 2.30. The SMILES string of the molecule is C=CCC(C)N1CC(=O)NC1=O. The fourth-order valence-electron chi connectivity index (χ4n) is 1.18. The Morgan fingerprint density at radius 3 is 2.83 bits per heavy atom. The molecule has 1 saturated heterocycles. The predicted molar refractivity (Wildman–Crippen MR) is 44.5 cm³/mol. The molecule has 1 aliphatic rings. The zero-order valence-corrected chi connectivity index (χ0v) is 7.04. The molecule has 1 unspecified atom stereocenters. The summed E-state index contributed by atoms with van der Waals surface area (Å²) < 4.78 is 0. The lowest BCUT2D eigenvalue weighted by Gasteiger charge is -2.20. The van der Waals surface area contributed by atoms with E-state index >= 15 is 0 Å². The van der Waals surface area contributed by atoms with Gasteiger partial charge in [0.25, 0.3) is 0 Å². The normalized spacial score (nSPS) is 19.2. The van der Waals surface area contributed by atoms with E-state index in [1.54, 1.807) is 6.08 Å². The summed E-state index contributed by atoms with van der Waals surface area (Å²) in [7, 11) is 0. The van der Waals surface area contributed by atoms with Crippen molar-refractivity contribution in [1.82, 2.24) is 10.2 Å². The van der Waals surface area contributed by atoms with Gasteiger partial charge in [-0.15, -0.1) is 6.58 Å². The first-order valence-electron chi connectivity index (χ1n) is 3.86. The molecule has 4 nitrogen and oxygen atoms in total. The van der Waals surface area contributed by atoms with E-state index in [0.29, 0.717) is 6.42 Å². The number of urea groups is 1. The lowest BCUT2D eigenvalue weighted by Crippen LogP contribution is -2.35. The number of rotatable bonds is 3. The van der Waals surface area contributed by atoms with Gasteiger partial charge in [0.1, 0.15) is 6.54 Å². The van der Waals surface area contributed by atoms with Gasteiger partial charge in [0.2, 0.25) is 5.91 Å². The third-order valence-corrected chi connectivity index (χ3v) is 1.86. The number of nitrogens with zero attached hydrogens (tertiary/aromatic N) is 1. The number of amides is 3. The fourth-order valence-corrected chi connectivity index (χ4v) is 1.18. The summed E-state index contributed by atoms with van der Waals surface area (Å²) in [6.45, 7) is 5.64. The Morgan fingerprint density at radius 1 is 1.75 bits per heavy atom. The maximum atomic E-state index is 11.1. The van der Waals surface area contributed by atoms with Crippen molar-refractivity contribution in [3.05, 3.63) is 12.7 Å². The van der Waals surface area contributed by atoms with E-state index in [0.717, 1.165) is 0 Å². The molecule has 1 atom stereocenters. The van der Waals surface area contributed by atoms with E-state index < -0.39 is 0 Å². The Labute approximate surface area is 71.2 Å². The van der Waals surface area contributed by atoms with E-state index in [1.807, 2.05) is 6.92 Å². The van der Waals surface area contributed by atoms with E-state index in [2.05, 4.69) is 11.9 Å². The van der Waals surface area contributed by atoms with Gasteiger partial charge in [-0.3, -0.25) is 10.1 Å². The average molecular weight is 168 g/mol. The van der Waals surface area contributed by atoms with Gasteiger partial charge in [0.15, 0.2) is 0 Å². The Bertz CT molecular complexity index is 225. The molecule has 12 heavy (non-hydrogen) atoms. The number of imide groups is 1. The highest BCUT2D eigenvalue weighted by atomic mass is 16.2. The lowest BCUT2D eigenvalue weighted by molar-refractivity contribution is -0.118. The minimum Gasteiger partial charge on any atom is -0.312 e. The van der Waals surface area contributed by atoms with Crippen LogP contribution in [-0.4, -0.2) is 29.4 Å². The molecule has 1 rings (SSSR count). The van der Waals surface area contributed by atoms with Crippen LogP contribution in [0.2, 0.25) is 0 Å². The summed E-state index contributed by atoms with van der Waals surface area (Å²) in [4.78, 5) is 23.3. The summed E-state index contributed by atoms with van der Waals surface area (Å²) >= 11 is 0. The van der Waals surface area contributed by atoms with Crippen molar-refractivity contribution in [3.63, 3.8) is 0 Å². The molecule has 1 aliphatic heterocycles. The second-order valence-corrected chi connectivity index (χ2v) is 2.85. The van der Waals surface area contributed by atoms with Crippen molar-refractivity contribution >= 4 is 11.9 Å². The monoisotopic (exact) mass is 168 g/mol. The summed E-state index contributed by atoms with van der Waals surface area (Å²) in [5, 5.41) is 2.22. The molecule has 66 valence electrons. The van der Waals surface area contributed by atoms with E-state index in [-0.39, 0.29) is 24.5 Å². The van der Waals surface area contributed by atoms with Crippen LogP contribution in [0.25, 0.3) is 0 Å². The van der Waals surface area contributed by atoms with Crippen LogP contribution in [-0.2, 0) is 4.79 Å². The number of carbonyl (C=O) groups is 2. The zero-order valence-electron chi connectivity index (χ0n) is 7.04. The maximum Gasteiger partial charge on any atom is 0.324 e. The second kappa shape index (κ2) is 3.38. The summed E-state index contributed by atoms with van der Waals surface area (Å²) in [6, 6.07) is -0.247. The number of hydrogen-bond acceptors (Lipinski definition) is 2. The highest BCUT2D eigenvalue weighted by molar-refractivity contribution is 6.02. The van der Waals surface area contributed by atoms with Crippen molar-refractivity contribution in [2.24, 2.45) is 0 Å². The Hall–Kier alpha value is -1.32. The molecule has 0 aromatic rings. The Balaban J connectivity index is 2.57. The zero-order chi connectivity index (χ0) is 9.14. The molecule has 0 aliphatic carbocycles. The van der Waals surface area contributed by atoms with Crippen LogP contribution >= 0.6 is 0 Å². The number of carbonyl (C=O) groups excluding carboxylic acids is 2. The first-order chi connectivity index (χ1) is 5.65. The second-order valence-electron chi connectivity index (χ2n) is 2.85. The van der Waals surface area contributed by atoms with Crippen molar-refractivity contribution in [2.45, 2.75) is 19.4 Å². The quantitative estimate of drug-likeness (QED) is 0.493. The van der Waals surface area contributed by atoms with Gasteiger partial charge in [-0.2, -0.15) is 0 Å². The molecule has 3 amide bonds. The van der Waals surface area contributed by atoms with E-state index in [1.165, 1.54) is 4.90 Å². The minimum absolute atomic E-state index is 0.0500. The number of nitrogens with one attached hydrogen (secondary N) is 1. The minimum atomic E-state index is -0.297. The third-order valence-electron chi connectivity index (χ3n) is 1.86. The highest BCUT2D eigenvalue weighted by Gasteiger charge is 2.29. The van der Waals surface area contributed by atoms with Crippen LogP contribution in [0, 0.1) is 0 Å². The molecule has 0 aromatic carbocycles. The van der Waals surface area contributed by atoms with E-state index in [9.17, 15) is 9.59 Å². The highest BCUT2D eigenvalue weighted by Crippen LogP contribution is 2.08. The molecule has 1 N–H and O–H groups in total. The predicted octanol–water partition coefficient (Wildman–Crippen LogP) is 0.503. The van der Waals surface area contributed by atoms with Gasteiger partial charge in [0.05, 0.1) is 0 Å². The molecule has 1 fully saturated rings. The van der Waals surface area contributed by atoms with Gasteiger partial charge in [-0.1, -0.05) is 6.08 Å². The van der Waals surface area contributed by atoms with Crippen LogP contribution in [0.5, 0.6) is 0 Å². The van der Waals surface area contributed by atoms with Gasteiger partial charge < -0.3 is 4.90 Å². The van der Waals surface area contributed by atoms with E-state index in [4.69, 9.17) is 0 Å². The van der Waals surface area contributed by atoms with Crippen molar-refractivity contribution < 1.29 is 9.59 Å². The fraction of sp³-hybridized carbons (Fsp3) is 0.500. The smallest absolute Gasteiger partial charge is 0.312 e. The van der Waals surface area contributed by atoms with Crippen LogP contribution in [0.3, 0.4) is 0 Å². The first-order valence-corrected chi connectivity index (χ1v) is 3.86. The van der Waals surface area contributed by atoms with Gasteiger partial charge in [0, 0.05) is 6.04 Å². The van der Waals surface area contributed by atoms with Crippen LogP contribution in [0.15, 0.2) is 12.7 Å². The topological polar surface area (TPSA) is 49.4 Å². The van der Waals surface area contributed by atoms with Crippen molar-refractivity contribution in [2.75, 3.05) is 6.54 Å². The molecule has 4 heteroatoms. The first kappa shape index (κ1) is 8.77. The van der Waals surface area contributed by atoms with Gasteiger partial charge in [-0.05, 0) is 13.3 Å². The molecule has 0 saturated carbocycles. The molecule has 0 radical (unpaired) electrons. The summed E-state index contributed by atoms with van der Waals surface area (Å²) in [5.41, 5.74) is 0. The third kappa shape index (κ3) is 1.64. The van der Waals surface area contributed by atoms with Crippen LogP contribution in [0.4, 0.5) is 4.79 Å². The largest absolute Gasteiger partial charge is 0.324 e. The lowest BCUT2D eigenvalue weighted by atomic mass is 10.2. The Kier molecular flexibility index (Phi) is 2.47. The van der Waals surface area contributed by atoms with Gasteiger partial charge in [-0.25, -0.2) is 4.79 Å².